The van der Waals surface area contributed by atoms with Crippen LogP contribution in [0.1, 0.15) is 30.1 Å². The highest BCUT2D eigenvalue weighted by Gasteiger charge is 2.21. The van der Waals surface area contributed by atoms with Crippen LogP contribution >= 0.6 is 10.7 Å². The van der Waals surface area contributed by atoms with Crippen molar-refractivity contribution in [2.24, 2.45) is 0 Å². The molecule has 4 nitrogen and oxygen atoms in total. The molecular formula is C12H16ClNO3S. The van der Waals surface area contributed by atoms with Gasteiger partial charge in [0, 0.05) is 24.3 Å². The van der Waals surface area contributed by atoms with Crippen LogP contribution < -0.4 is 0 Å². The van der Waals surface area contributed by atoms with E-state index in [2.05, 4.69) is 0 Å². The molecule has 6 heteroatoms. The Kier molecular flexibility index (Phi) is 5.16. The lowest BCUT2D eigenvalue weighted by molar-refractivity contribution is 0.0789. The molecule has 0 atom stereocenters. The Morgan fingerprint density at radius 2 is 1.94 bits per heavy atom. The van der Waals surface area contributed by atoms with Crippen molar-refractivity contribution in [1.29, 1.82) is 0 Å². The fraction of sp³-hybridized carbons (Fsp3) is 0.417. The molecule has 0 spiro atoms. The lowest BCUT2D eigenvalue weighted by atomic mass is 10.2. The second-order valence-corrected chi connectivity index (χ2v) is 6.55. The fourth-order valence-electron chi connectivity index (χ4n) is 1.56. The highest BCUT2D eigenvalue weighted by molar-refractivity contribution is 8.13. The minimum Gasteiger partial charge on any atom is -0.342 e. The average molecular weight is 290 g/mol. The SMILES string of the molecule is CCCCN(C)C(=O)c1ccccc1S(=O)(=O)Cl. The summed E-state index contributed by atoms with van der Waals surface area (Å²) in [6.45, 7) is 2.61. The molecular weight excluding hydrogens is 274 g/mol. The van der Waals surface area contributed by atoms with Crippen LogP contribution in [-0.4, -0.2) is 32.8 Å². The maximum Gasteiger partial charge on any atom is 0.262 e. The Hall–Kier alpha value is -1.07. The van der Waals surface area contributed by atoms with Gasteiger partial charge in [0.05, 0.1) is 10.5 Å². The lowest BCUT2D eigenvalue weighted by Crippen LogP contribution is -2.28. The smallest absolute Gasteiger partial charge is 0.262 e. The van der Waals surface area contributed by atoms with Crippen LogP contribution in [0.25, 0.3) is 0 Å². The van der Waals surface area contributed by atoms with Gasteiger partial charge in [-0.15, -0.1) is 0 Å². The van der Waals surface area contributed by atoms with E-state index in [1.54, 1.807) is 13.1 Å². The van der Waals surface area contributed by atoms with Crippen LogP contribution in [-0.2, 0) is 9.05 Å². The predicted octanol–water partition coefficient (Wildman–Crippen LogP) is 2.49. The number of benzene rings is 1. The largest absolute Gasteiger partial charge is 0.342 e. The summed E-state index contributed by atoms with van der Waals surface area (Å²) in [5.74, 6) is -0.330. The second kappa shape index (κ2) is 6.20. The zero-order valence-corrected chi connectivity index (χ0v) is 12.0. The van der Waals surface area contributed by atoms with Crippen molar-refractivity contribution in [2.75, 3.05) is 13.6 Å². The lowest BCUT2D eigenvalue weighted by Gasteiger charge is -2.17. The highest BCUT2D eigenvalue weighted by atomic mass is 35.7. The van der Waals surface area contributed by atoms with E-state index in [0.717, 1.165) is 12.8 Å². The topological polar surface area (TPSA) is 54.5 Å². The first kappa shape index (κ1) is 15.0. The molecule has 0 radical (unpaired) electrons. The summed E-state index contributed by atoms with van der Waals surface area (Å²) in [6.07, 6.45) is 1.84. The summed E-state index contributed by atoms with van der Waals surface area (Å²) >= 11 is 0. The van der Waals surface area contributed by atoms with Crippen molar-refractivity contribution >= 4 is 25.6 Å². The van der Waals surface area contributed by atoms with Crippen molar-refractivity contribution in [3.63, 3.8) is 0 Å². The van der Waals surface area contributed by atoms with Gasteiger partial charge >= 0.3 is 0 Å². The zero-order valence-electron chi connectivity index (χ0n) is 10.4. The molecule has 1 amide bonds. The maximum absolute atomic E-state index is 12.1. The second-order valence-electron chi connectivity index (χ2n) is 4.01. The number of unbranched alkanes of at least 4 members (excludes halogenated alkanes) is 1. The Balaban J connectivity index is 3.07. The Morgan fingerprint density at radius 3 is 2.50 bits per heavy atom. The summed E-state index contributed by atoms with van der Waals surface area (Å²) in [6, 6.07) is 5.97. The summed E-state index contributed by atoms with van der Waals surface area (Å²) in [5, 5.41) is 0. The zero-order chi connectivity index (χ0) is 13.8. The van der Waals surface area contributed by atoms with Gasteiger partial charge in [0.25, 0.3) is 15.0 Å². The molecule has 0 aromatic heterocycles. The van der Waals surface area contributed by atoms with E-state index in [0.29, 0.717) is 6.54 Å². The Labute approximate surface area is 112 Å². The quantitative estimate of drug-likeness (QED) is 0.783. The molecule has 1 rings (SSSR count). The number of hydrogen-bond acceptors (Lipinski definition) is 3. The van der Waals surface area contributed by atoms with Crippen molar-refractivity contribution in [1.82, 2.24) is 4.90 Å². The standard InChI is InChI=1S/C12H16ClNO3S/c1-3-4-9-14(2)12(15)10-7-5-6-8-11(10)18(13,16)17/h5-8H,3-4,9H2,1-2H3. The van der Waals surface area contributed by atoms with Gasteiger partial charge < -0.3 is 4.90 Å². The number of carbonyl (C=O) groups is 1. The third-order valence-corrected chi connectivity index (χ3v) is 3.95. The molecule has 0 aliphatic heterocycles. The first-order valence-corrected chi connectivity index (χ1v) is 7.98. The number of halogens is 1. The van der Waals surface area contributed by atoms with Gasteiger partial charge in [-0.3, -0.25) is 4.79 Å². The summed E-state index contributed by atoms with van der Waals surface area (Å²) in [4.78, 5) is 13.5. The van der Waals surface area contributed by atoms with E-state index in [4.69, 9.17) is 10.7 Å². The third kappa shape index (κ3) is 3.71. The van der Waals surface area contributed by atoms with E-state index in [1.807, 2.05) is 6.92 Å². The number of nitrogens with zero attached hydrogens (tertiary/aromatic N) is 1. The molecule has 18 heavy (non-hydrogen) atoms. The molecule has 0 fully saturated rings. The first-order valence-electron chi connectivity index (χ1n) is 5.67. The Bertz CT molecular complexity index is 528. The molecule has 0 unspecified atom stereocenters. The van der Waals surface area contributed by atoms with Crippen LogP contribution in [0.4, 0.5) is 0 Å². The molecule has 0 aliphatic carbocycles. The highest BCUT2D eigenvalue weighted by Crippen LogP contribution is 2.20. The fourth-order valence-corrected chi connectivity index (χ4v) is 2.62. The van der Waals surface area contributed by atoms with Crippen LogP contribution in [0.2, 0.25) is 0 Å². The van der Waals surface area contributed by atoms with Crippen LogP contribution in [0.15, 0.2) is 29.2 Å². The maximum atomic E-state index is 12.1. The molecule has 0 aliphatic rings. The molecule has 0 heterocycles. The van der Waals surface area contributed by atoms with Crippen molar-refractivity contribution < 1.29 is 13.2 Å². The van der Waals surface area contributed by atoms with Crippen molar-refractivity contribution in [3.8, 4) is 0 Å². The van der Waals surface area contributed by atoms with Gasteiger partial charge in [0.1, 0.15) is 0 Å². The van der Waals surface area contributed by atoms with Gasteiger partial charge in [-0.2, -0.15) is 0 Å². The van der Waals surface area contributed by atoms with Gasteiger partial charge in [-0.1, -0.05) is 25.5 Å². The van der Waals surface area contributed by atoms with Crippen molar-refractivity contribution in [2.45, 2.75) is 24.7 Å². The predicted molar refractivity (Wildman–Crippen MR) is 71.3 cm³/mol. The molecule has 100 valence electrons. The van der Waals surface area contributed by atoms with Crippen LogP contribution in [0, 0.1) is 0 Å². The summed E-state index contributed by atoms with van der Waals surface area (Å²) in [7, 11) is 3.06. The van der Waals surface area contributed by atoms with Crippen LogP contribution in [0.5, 0.6) is 0 Å². The van der Waals surface area contributed by atoms with Gasteiger partial charge in [0.15, 0.2) is 0 Å². The van der Waals surface area contributed by atoms with E-state index in [9.17, 15) is 13.2 Å². The average Bonchev–Trinajstić information content (AvgIpc) is 2.34. The third-order valence-electron chi connectivity index (χ3n) is 2.57. The molecule has 0 bridgehead atoms. The first-order chi connectivity index (χ1) is 8.38. The van der Waals surface area contributed by atoms with E-state index >= 15 is 0 Å². The van der Waals surface area contributed by atoms with E-state index < -0.39 is 9.05 Å². The minimum absolute atomic E-state index is 0.117. The van der Waals surface area contributed by atoms with Crippen LogP contribution in [0.3, 0.4) is 0 Å². The van der Waals surface area contributed by atoms with Gasteiger partial charge in [-0.25, -0.2) is 8.42 Å². The number of rotatable bonds is 5. The summed E-state index contributed by atoms with van der Waals surface area (Å²) in [5.41, 5.74) is 0.117. The van der Waals surface area contributed by atoms with Crippen molar-refractivity contribution in [3.05, 3.63) is 29.8 Å². The minimum atomic E-state index is -3.91. The number of carbonyl (C=O) groups excluding carboxylic acids is 1. The number of amides is 1. The van der Waals surface area contributed by atoms with E-state index in [-0.39, 0.29) is 16.4 Å². The molecule has 1 aromatic rings. The molecule has 0 saturated carbocycles. The molecule has 0 N–H and O–H groups in total. The summed E-state index contributed by atoms with van der Waals surface area (Å²) < 4.78 is 22.8. The normalized spacial score (nSPS) is 11.3. The van der Waals surface area contributed by atoms with E-state index in [1.165, 1.54) is 23.1 Å². The van der Waals surface area contributed by atoms with Gasteiger partial charge in [0.2, 0.25) is 0 Å². The molecule has 1 aromatic carbocycles. The monoisotopic (exact) mass is 289 g/mol. The molecule has 0 saturated heterocycles. The Morgan fingerprint density at radius 1 is 1.33 bits per heavy atom. The van der Waals surface area contributed by atoms with Gasteiger partial charge in [-0.05, 0) is 18.6 Å². The number of hydrogen-bond donors (Lipinski definition) is 0.